The Kier molecular flexibility index (Phi) is 7.68. The molecule has 5 N–H and O–H groups in total. The molecule has 1 aromatic heterocycles. The van der Waals surface area contributed by atoms with Crippen LogP contribution in [0.5, 0.6) is 0 Å². The number of primary amides is 1. The van der Waals surface area contributed by atoms with Crippen LogP contribution in [0.4, 0.5) is 15.8 Å². The van der Waals surface area contributed by atoms with Gasteiger partial charge in [-0.05, 0) is 68.2 Å². The Morgan fingerprint density at radius 1 is 1.11 bits per heavy atom. The van der Waals surface area contributed by atoms with Crippen molar-refractivity contribution in [2.75, 3.05) is 10.6 Å². The first-order chi connectivity index (χ1) is 16.3. The van der Waals surface area contributed by atoms with Crippen molar-refractivity contribution in [1.82, 2.24) is 9.69 Å². The average molecular weight is 538 g/mol. The second-order valence-electron chi connectivity index (χ2n) is 8.61. The van der Waals surface area contributed by atoms with Gasteiger partial charge in [0.25, 0.3) is 11.8 Å². The van der Waals surface area contributed by atoms with E-state index in [0.717, 1.165) is 11.0 Å². The molecule has 3 amide bonds. The van der Waals surface area contributed by atoms with Crippen molar-refractivity contribution in [3.8, 4) is 0 Å². The largest absolute Gasteiger partial charge is 0.395 e. The lowest BCUT2D eigenvalue weighted by molar-refractivity contribution is -0.123. The van der Waals surface area contributed by atoms with Crippen molar-refractivity contribution in [3.05, 3.63) is 74.5 Å². The second-order valence-corrected chi connectivity index (χ2v) is 10.2. The fourth-order valence-electron chi connectivity index (χ4n) is 3.26. The third-order valence-electron chi connectivity index (χ3n) is 4.75. The van der Waals surface area contributed by atoms with Gasteiger partial charge in [0.15, 0.2) is 5.69 Å². The highest BCUT2D eigenvalue weighted by Gasteiger charge is 2.37. The normalized spacial score (nSPS) is 12.2. The Hall–Kier alpha value is -3.21. The molecule has 0 aliphatic carbocycles. The van der Waals surface area contributed by atoms with E-state index in [0.29, 0.717) is 22.1 Å². The van der Waals surface area contributed by atoms with Crippen molar-refractivity contribution in [1.29, 1.82) is 0 Å². The summed E-state index contributed by atoms with van der Waals surface area (Å²) in [4.78, 5) is 40.1. The number of hydrogen-bond donors (Lipinski definition) is 3. The molecule has 0 saturated heterocycles. The van der Waals surface area contributed by atoms with Crippen molar-refractivity contribution in [2.24, 2.45) is 5.73 Å². The van der Waals surface area contributed by atoms with Crippen LogP contribution in [0.15, 0.2) is 42.5 Å². The van der Waals surface area contributed by atoms with E-state index in [-0.39, 0.29) is 27.0 Å². The van der Waals surface area contributed by atoms with Crippen molar-refractivity contribution >= 4 is 63.8 Å². The van der Waals surface area contributed by atoms with Gasteiger partial charge in [-0.1, -0.05) is 35.3 Å². The van der Waals surface area contributed by atoms with Crippen LogP contribution in [0, 0.1) is 5.82 Å². The summed E-state index contributed by atoms with van der Waals surface area (Å²) in [6, 6.07) is 8.66. The lowest BCUT2D eigenvalue weighted by Gasteiger charge is -2.33. The SMILES string of the molecule is CC(C)(C)NC(=O)[C@H](c1ccc(Cl)cc1)N(C(=O)c1snc(C(N)=O)c1N)c1ccc(F)c(Cl)c1. The quantitative estimate of drug-likeness (QED) is 0.423. The van der Waals surface area contributed by atoms with Crippen molar-refractivity contribution < 1.29 is 18.8 Å². The fourth-order valence-corrected chi connectivity index (χ4v) is 4.30. The van der Waals surface area contributed by atoms with Gasteiger partial charge in [-0.15, -0.1) is 0 Å². The molecule has 0 spiro atoms. The van der Waals surface area contributed by atoms with Gasteiger partial charge in [0.1, 0.15) is 16.7 Å². The van der Waals surface area contributed by atoms with Crippen LogP contribution in [0.3, 0.4) is 0 Å². The third kappa shape index (κ3) is 5.90. The minimum absolute atomic E-state index is 0.110. The highest BCUT2D eigenvalue weighted by Crippen LogP contribution is 2.35. The summed E-state index contributed by atoms with van der Waals surface area (Å²) >= 11 is 12.7. The van der Waals surface area contributed by atoms with E-state index in [9.17, 15) is 18.8 Å². The number of carbonyl (C=O) groups is 3. The summed E-state index contributed by atoms with van der Waals surface area (Å²) in [5.74, 6) is -2.92. The standard InChI is InChI=1S/C23H22Cl2FN5O3S/c1-23(2,3)29-21(33)18(11-4-6-12(24)7-5-11)31(13-8-9-15(26)14(25)10-13)22(34)19-16(27)17(20(28)32)30-35-19/h4-10,18H,27H2,1-3H3,(H2,28,32)(H,29,33)/t18-/m0/s1. The maximum Gasteiger partial charge on any atom is 0.273 e. The van der Waals surface area contributed by atoms with Crippen LogP contribution in [-0.4, -0.2) is 27.6 Å². The van der Waals surface area contributed by atoms with Crippen LogP contribution in [0.2, 0.25) is 10.0 Å². The zero-order chi connectivity index (χ0) is 26.1. The highest BCUT2D eigenvalue weighted by molar-refractivity contribution is 7.09. The number of nitrogen functional groups attached to an aromatic ring is 1. The maximum absolute atomic E-state index is 14.0. The molecule has 2 aromatic carbocycles. The van der Waals surface area contributed by atoms with Crippen LogP contribution < -0.4 is 21.7 Å². The number of hydrogen-bond acceptors (Lipinski definition) is 6. The molecule has 0 aliphatic rings. The number of nitrogens with zero attached hydrogens (tertiary/aromatic N) is 2. The van der Waals surface area contributed by atoms with E-state index in [2.05, 4.69) is 9.69 Å². The molecule has 1 heterocycles. The van der Waals surface area contributed by atoms with E-state index < -0.39 is 35.1 Å². The summed E-state index contributed by atoms with van der Waals surface area (Å²) in [6.45, 7) is 5.35. The van der Waals surface area contributed by atoms with E-state index >= 15 is 0 Å². The Morgan fingerprint density at radius 2 is 1.74 bits per heavy atom. The molecule has 0 aliphatic heterocycles. The van der Waals surface area contributed by atoms with Gasteiger partial charge < -0.3 is 16.8 Å². The van der Waals surface area contributed by atoms with Crippen LogP contribution >= 0.6 is 34.7 Å². The monoisotopic (exact) mass is 537 g/mol. The number of halogens is 3. The smallest absolute Gasteiger partial charge is 0.273 e. The van der Waals surface area contributed by atoms with Gasteiger partial charge in [0.05, 0.1) is 10.7 Å². The summed E-state index contributed by atoms with van der Waals surface area (Å²) < 4.78 is 17.9. The predicted molar refractivity (Wildman–Crippen MR) is 135 cm³/mol. The molecule has 0 radical (unpaired) electrons. The van der Waals surface area contributed by atoms with E-state index in [1.165, 1.54) is 12.1 Å². The summed E-state index contributed by atoms with van der Waals surface area (Å²) in [7, 11) is 0. The Morgan fingerprint density at radius 3 is 2.26 bits per heavy atom. The van der Waals surface area contributed by atoms with Crippen molar-refractivity contribution in [2.45, 2.75) is 32.4 Å². The van der Waals surface area contributed by atoms with Crippen LogP contribution in [0.1, 0.15) is 52.5 Å². The minimum atomic E-state index is -1.25. The summed E-state index contributed by atoms with van der Waals surface area (Å²) in [6.07, 6.45) is 0. The molecule has 0 bridgehead atoms. The van der Waals surface area contributed by atoms with Gasteiger partial charge in [-0.2, -0.15) is 4.37 Å². The minimum Gasteiger partial charge on any atom is -0.395 e. The van der Waals surface area contributed by atoms with E-state index in [1.807, 2.05) is 0 Å². The van der Waals surface area contributed by atoms with Gasteiger partial charge in [0, 0.05) is 16.2 Å². The van der Waals surface area contributed by atoms with E-state index in [4.69, 9.17) is 34.7 Å². The first kappa shape index (κ1) is 26.4. The molecular formula is C23H22Cl2FN5O3S. The van der Waals surface area contributed by atoms with E-state index in [1.54, 1.807) is 45.0 Å². The molecule has 12 heteroatoms. The molecule has 1 atom stereocenters. The predicted octanol–water partition coefficient (Wildman–Crippen LogP) is 4.57. The zero-order valence-electron chi connectivity index (χ0n) is 18.9. The maximum atomic E-state index is 14.0. The van der Waals surface area contributed by atoms with Gasteiger partial charge >= 0.3 is 0 Å². The number of aromatic nitrogens is 1. The third-order valence-corrected chi connectivity index (χ3v) is 6.14. The number of benzene rings is 2. The number of amides is 3. The lowest BCUT2D eigenvalue weighted by atomic mass is 10.0. The fraction of sp³-hybridized carbons (Fsp3) is 0.217. The Labute approximate surface area is 215 Å². The molecule has 184 valence electrons. The molecule has 35 heavy (non-hydrogen) atoms. The van der Waals surface area contributed by atoms with Gasteiger partial charge in [0.2, 0.25) is 5.91 Å². The Bertz CT molecular complexity index is 1290. The molecule has 0 fully saturated rings. The molecule has 0 unspecified atom stereocenters. The van der Waals surface area contributed by atoms with Crippen molar-refractivity contribution in [3.63, 3.8) is 0 Å². The lowest BCUT2D eigenvalue weighted by Crippen LogP contribution is -2.49. The summed E-state index contributed by atoms with van der Waals surface area (Å²) in [5.41, 5.74) is 10.7. The number of nitrogens with two attached hydrogens (primary N) is 2. The molecular weight excluding hydrogens is 516 g/mol. The summed E-state index contributed by atoms with van der Waals surface area (Å²) in [5, 5.41) is 3.02. The molecule has 8 nitrogen and oxygen atoms in total. The first-order valence-electron chi connectivity index (χ1n) is 10.2. The Balaban J connectivity index is 2.26. The van der Waals surface area contributed by atoms with Gasteiger partial charge in [-0.25, -0.2) is 4.39 Å². The van der Waals surface area contributed by atoms with Crippen LogP contribution in [-0.2, 0) is 4.79 Å². The molecule has 0 saturated carbocycles. The molecule has 3 aromatic rings. The zero-order valence-corrected chi connectivity index (χ0v) is 21.3. The number of rotatable bonds is 6. The molecule has 3 rings (SSSR count). The number of carbonyl (C=O) groups excluding carboxylic acids is 3. The number of anilines is 2. The van der Waals surface area contributed by atoms with Crippen LogP contribution in [0.25, 0.3) is 0 Å². The number of nitrogens with one attached hydrogen (secondary N) is 1. The highest BCUT2D eigenvalue weighted by atomic mass is 35.5. The second kappa shape index (κ2) is 10.2. The van der Waals surface area contributed by atoms with Gasteiger partial charge in [-0.3, -0.25) is 19.3 Å². The average Bonchev–Trinajstić information content (AvgIpc) is 3.15. The topological polar surface area (TPSA) is 131 Å². The first-order valence-corrected chi connectivity index (χ1v) is 11.7.